The Labute approximate surface area is 78.7 Å². The Bertz CT molecular complexity index is 173. The van der Waals surface area contributed by atoms with Crippen molar-refractivity contribution < 1.29 is 9.90 Å². The third-order valence-electron chi connectivity index (χ3n) is 2.50. The third kappa shape index (κ3) is 2.67. The van der Waals surface area contributed by atoms with Crippen LogP contribution < -0.4 is 5.73 Å². The van der Waals surface area contributed by atoms with Crippen molar-refractivity contribution in [1.82, 2.24) is 4.90 Å². The normalized spacial score (nSPS) is 23.2. The fourth-order valence-corrected chi connectivity index (χ4v) is 1.77. The van der Waals surface area contributed by atoms with E-state index in [0.29, 0.717) is 13.0 Å². The SMILES string of the molecule is NCCC(=O)N1CCCCC1C[O]. The zero-order valence-corrected chi connectivity index (χ0v) is 7.87. The van der Waals surface area contributed by atoms with E-state index in [2.05, 4.69) is 0 Å². The average molecular weight is 185 g/mol. The zero-order valence-electron chi connectivity index (χ0n) is 7.87. The van der Waals surface area contributed by atoms with Crippen molar-refractivity contribution in [3.05, 3.63) is 0 Å². The first-order valence-electron chi connectivity index (χ1n) is 4.87. The van der Waals surface area contributed by atoms with Gasteiger partial charge in [-0.1, -0.05) is 0 Å². The molecule has 0 spiro atoms. The van der Waals surface area contributed by atoms with Gasteiger partial charge >= 0.3 is 0 Å². The smallest absolute Gasteiger partial charge is 0.224 e. The number of rotatable bonds is 3. The van der Waals surface area contributed by atoms with E-state index in [1.54, 1.807) is 4.90 Å². The van der Waals surface area contributed by atoms with Crippen LogP contribution in [0, 0.1) is 0 Å². The maximum absolute atomic E-state index is 11.5. The predicted molar refractivity (Wildman–Crippen MR) is 48.6 cm³/mol. The summed E-state index contributed by atoms with van der Waals surface area (Å²) in [6.45, 7) is 0.947. The van der Waals surface area contributed by atoms with E-state index in [4.69, 9.17) is 5.73 Å². The minimum absolute atomic E-state index is 0.0445. The van der Waals surface area contributed by atoms with Crippen LogP contribution in [-0.2, 0) is 9.90 Å². The van der Waals surface area contributed by atoms with Gasteiger partial charge < -0.3 is 10.6 Å². The molecule has 1 heterocycles. The van der Waals surface area contributed by atoms with Gasteiger partial charge in [-0.05, 0) is 19.3 Å². The molecular weight excluding hydrogens is 168 g/mol. The fourth-order valence-electron chi connectivity index (χ4n) is 1.77. The summed E-state index contributed by atoms with van der Waals surface area (Å²) < 4.78 is 0. The summed E-state index contributed by atoms with van der Waals surface area (Å²) >= 11 is 0. The predicted octanol–water partition coefficient (Wildman–Crippen LogP) is 0.147. The second kappa shape index (κ2) is 5.19. The molecule has 75 valence electrons. The molecule has 0 aromatic heterocycles. The molecule has 1 amide bonds. The van der Waals surface area contributed by atoms with E-state index < -0.39 is 0 Å². The summed E-state index contributed by atoms with van der Waals surface area (Å²) in [5.74, 6) is 0.0445. The largest absolute Gasteiger partial charge is 0.337 e. The van der Waals surface area contributed by atoms with E-state index in [-0.39, 0.29) is 18.6 Å². The molecular formula is C9H17N2O2. The highest BCUT2D eigenvalue weighted by Gasteiger charge is 2.25. The van der Waals surface area contributed by atoms with Crippen LogP contribution in [0.2, 0.25) is 0 Å². The standard InChI is InChI=1S/C9H17N2O2/c10-5-4-9(13)11-6-2-1-3-8(11)7-12/h8H,1-7,10H2. The van der Waals surface area contributed by atoms with Crippen LogP contribution in [-0.4, -0.2) is 36.5 Å². The average Bonchev–Trinajstić information content (AvgIpc) is 2.18. The Morgan fingerprint density at radius 2 is 2.23 bits per heavy atom. The molecule has 1 saturated heterocycles. The van der Waals surface area contributed by atoms with Gasteiger partial charge in [0.2, 0.25) is 5.91 Å². The number of nitrogens with zero attached hydrogens (tertiary/aromatic N) is 1. The lowest BCUT2D eigenvalue weighted by atomic mass is 10.0. The molecule has 1 aliphatic rings. The summed E-state index contributed by atoms with van der Waals surface area (Å²) in [7, 11) is 0. The van der Waals surface area contributed by atoms with Gasteiger partial charge in [0, 0.05) is 19.5 Å². The Hall–Kier alpha value is -0.610. The van der Waals surface area contributed by atoms with Crippen molar-refractivity contribution in [2.45, 2.75) is 31.7 Å². The van der Waals surface area contributed by atoms with Crippen LogP contribution in [0.25, 0.3) is 0 Å². The maximum Gasteiger partial charge on any atom is 0.224 e. The number of amides is 1. The van der Waals surface area contributed by atoms with E-state index in [1.807, 2.05) is 0 Å². The molecule has 1 radical (unpaired) electrons. The summed E-state index contributed by atoms with van der Waals surface area (Å²) in [6, 6.07) is -0.0761. The molecule has 4 nitrogen and oxygen atoms in total. The van der Waals surface area contributed by atoms with Gasteiger partial charge in [0.15, 0.2) is 0 Å². The molecule has 13 heavy (non-hydrogen) atoms. The summed E-state index contributed by atoms with van der Waals surface area (Å²) in [5, 5.41) is 10.8. The minimum Gasteiger partial charge on any atom is -0.337 e. The van der Waals surface area contributed by atoms with E-state index >= 15 is 0 Å². The lowest BCUT2D eigenvalue weighted by Gasteiger charge is -2.34. The quantitative estimate of drug-likeness (QED) is 0.680. The second-order valence-corrected chi connectivity index (χ2v) is 3.44. The number of carbonyl (C=O) groups excluding carboxylic acids is 1. The summed E-state index contributed by atoms with van der Waals surface area (Å²) in [5.41, 5.74) is 5.30. The Kier molecular flexibility index (Phi) is 4.18. The van der Waals surface area contributed by atoms with Crippen molar-refractivity contribution in [2.24, 2.45) is 5.73 Å². The van der Waals surface area contributed by atoms with Gasteiger partial charge in [0.25, 0.3) is 0 Å². The summed E-state index contributed by atoms with van der Waals surface area (Å²) in [6.07, 6.45) is 3.32. The van der Waals surface area contributed by atoms with Crippen LogP contribution in [0.1, 0.15) is 25.7 Å². The van der Waals surface area contributed by atoms with E-state index in [0.717, 1.165) is 25.8 Å². The molecule has 2 N–H and O–H groups in total. The van der Waals surface area contributed by atoms with E-state index in [9.17, 15) is 9.90 Å². The number of hydrogen-bond acceptors (Lipinski definition) is 2. The Morgan fingerprint density at radius 1 is 1.46 bits per heavy atom. The monoisotopic (exact) mass is 185 g/mol. The van der Waals surface area contributed by atoms with Crippen LogP contribution in [0.3, 0.4) is 0 Å². The van der Waals surface area contributed by atoms with Gasteiger partial charge in [-0.25, -0.2) is 5.11 Å². The van der Waals surface area contributed by atoms with E-state index in [1.165, 1.54) is 0 Å². The lowest BCUT2D eigenvalue weighted by molar-refractivity contribution is -0.136. The molecule has 0 saturated carbocycles. The molecule has 0 aromatic carbocycles. The van der Waals surface area contributed by atoms with Crippen molar-refractivity contribution in [1.29, 1.82) is 0 Å². The molecule has 1 aliphatic heterocycles. The maximum atomic E-state index is 11.5. The second-order valence-electron chi connectivity index (χ2n) is 3.44. The molecule has 1 rings (SSSR count). The number of piperidine rings is 1. The third-order valence-corrected chi connectivity index (χ3v) is 2.50. The highest BCUT2D eigenvalue weighted by atomic mass is 16.3. The van der Waals surface area contributed by atoms with Gasteiger partial charge in [-0.3, -0.25) is 4.79 Å². The molecule has 1 atom stereocenters. The fraction of sp³-hybridized carbons (Fsp3) is 0.889. The van der Waals surface area contributed by atoms with Crippen molar-refractivity contribution in [3.8, 4) is 0 Å². The number of hydrogen-bond donors (Lipinski definition) is 1. The van der Waals surface area contributed by atoms with Crippen LogP contribution in [0.5, 0.6) is 0 Å². The molecule has 1 fully saturated rings. The van der Waals surface area contributed by atoms with Crippen molar-refractivity contribution in [3.63, 3.8) is 0 Å². The van der Waals surface area contributed by atoms with Crippen LogP contribution in [0.15, 0.2) is 0 Å². The highest BCUT2D eigenvalue weighted by Crippen LogP contribution is 2.17. The molecule has 4 heteroatoms. The lowest BCUT2D eigenvalue weighted by Crippen LogP contribution is -2.45. The highest BCUT2D eigenvalue weighted by molar-refractivity contribution is 5.76. The number of likely N-dealkylation sites (tertiary alicyclic amines) is 1. The molecule has 1 unspecified atom stereocenters. The topological polar surface area (TPSA) is 66.2 Å². The number of nitrogens with two attached hydrogens (primary N) is 1. The van der Waals surface area contributed by atoms with Gasteiger partial charge in [0.1, 0.15) is 6.61 Å². The van der Waals surface area contributed by atoms with Gasteiger partial charge in [0.05, 0.1) is 6.04 Å². The van der Waals surface area contributed by atoms with Crippen LogP contribution in [0.4, 0.5) is 0 Å². The first-order chi connectivity index (χ1) is 6.29. The molecule has 0 aliphatic carbocycles. The van der Waals surface area contributed by atoms with Gasteiger partial charge in [-0.2, -0.15) is 0 Å². The first-order valence-corrected chi connectivity index (χ1v) is 4.87. The zero-order chi connectivity index (χ0) is 9.68. The van der Waals surface area contributed by atoms with Crippen molar-refractivity contribution in [2.75, 3.05) is 19.7 Å². The molecule has 0 aromatic rings. The minimum atomic E-state index is -0.170. The van der Waals surface area contributed by atoms with Crippen molar-refractivity contribution >= 4 is 5.91 Å². The Morgan fingerprint density at radius 3 is 2.85 bits per heavy atom. The Balaban J connectivity index is 2.48. The number of carbonyl (C=O) groups is 1. The summed E-state index contributed by atoms with van der Waals surface area (Å²) in [4.78, 5) is 13.2. The van der Waals surface area contributed by atoms with Crippen LogP contribution >= 0.6 is 0 Å². The first kappa shape index (κ1) is 10.5. The van der Waals surface area contributed by atoms with Gasteiger partial charge in [-0.15, -0.1) is 0 Å². The molecule has 0 bridgehead atoms.